The van der Waals surface area contributed by atoms with Gasteiger partial charge in [0.25, 0.3) is 0 Å². The summed E-state index contributed by atoms with van der Waals surface area (Å²) in [5.74, 6) is 2.65. The van der Waals surface area contributed by atoms with Gasteiger partial charge in [-0.2, -0.15) is 0 Å². The monoisotopic (exact) mass is 181 g/mol. The highest BCUT2D eigenvalue weighted by Crippen LogP contribution is 2.44. The van der Waals surface area contributed by atoms with Gasteiger partial charge in [-0.1, -0.05) is 6.42 Å². The molecule has 0 amide bonds. The lowest BCUT2D eigenvalue weighted by atomic mass is 10.0. The Morgan fingerprint density at radius 2 is 1.85 bits per heavy atom. The summed E-state index contributed by atoms with van der Waals surface area (Å²) in [4.78, 5) is 2.65. The Morgan fingerprint density at radius 3 is 2.38 bits per heavy atom. The van der Waals surface area contributed by atoms with Crippen molar-refractivity contribution in [2.24, 2.45) is 17.8 Å². The smallest absolute Gasteiger partial charge is 0.0474 e. The van der Waals surface area contributed by atoms with Crippen molar-refractivity contribution in [2.45, 2.75) is 31.7 Å². The van der Waals surface area contributed by atoms with E-state index in [0.29, 0.717) is 12.5 Å². The maximum atomic E-state index is 9.01. The average molecular weight is 181 g/mol. The van der Waals surface area contributed by atoms with Crippen LogP contribution < -0.4 is 0 Å². The van der Waals surface area contributed by atoms with E-state index >= 15 is 0 Å². The van der Waals surface area contributed by atoms with E-state index in [2.05, 4.69) is 4.90 Å². The molecule has 2 heteroatoms. The number of likely N-dealkylation sites (tertiary alicyclic amines) is 1. The minimum Gasteiger partial charge on any atom is -0.396 e. The van der Waals surface area contributed by atoms with Crippen LogP contribution in [0.25, 0.3) is 0 Å². The predicted octanol–water partition coefficient (Wildman–Crippen LogP) is 1.10. The number of aliphatic hydroxyl groups excluding tert-OH is 1. The Hall–Kier alpha value is -0.0800. The molecule has 74 valence electrons. The molecule has 2 saturated carbocycles. The third kappa shape index (κ3) is 1.31. The molecule has 0 aromatic carbocycles. The molecule has 1 aliphatic heterocycles. The summed E-state index contributed by atoms with van der Waals surface area (Å²) in [6.45, 7) is 3.09. The van der Waals surface area contributed by atoms with Crippen LogP contribution in [0.15, 0.2) is 0 Å². The summed E-state index contributed by atoms with van der Waals surface area (Å²) in [6.07, 6.45) is 5.67. The van der Waals surface area contributed by atoms with Gasteiger partial charge in [-0.25, -0.2) is 0 Å². The minimum absolute atomic E-state index is 0.413. The number of aliphatic hydroxyl groups is 1. The van der Waals surface area contributed by atoms with Crippen LogP contribution in [-0.4, -0.2) is 35.7 Å². The van der Waals surface area contributed by atoms with Crippen molar-refractivity contribution in [3.63, 3.8) is 0 Å². The molecule has 0 radical (unpaired) electrons. The molecule has 0 bridgehead atoms. The predicted molar refractivity (Wildman–Crippen MR) is 51.4 cm³/mol. The molecule has 0 aromatic rings. The summed E-state index contributed by atoms with van der Waals surface area (Å²) in [6, 6.07) is 0.760. The fourth-order valence-electron chi connectivity index (χ4n) is 3.42. The quantitative estimate of drug-likeness (QED) is 0.689. The van der Waals surface area contributed by atoms with Crippen LogP contribution in [0.3, 0.4) is 0 Å². The van der Waals surface area contributed by atoms with E-state index in [1.807, 2.05) is 0 Å². The van der Waals surface area contributed by atoms with Crippen LogP contribution in [0, 0.1) is 17.8 Å². The first kappa shape index (κ1) is 8.25. The van der Waals surface area contributed by atoms with Crippen molar-refractivity contribution in [1.82, 2.24) is 4.90 Å². The molecule has 4 unspecified atom stereocenters. The van der Waals surface area contributed by atoms with Gasteiger partial charge in [-0.15, -0.1) is 0 Å². The second kappa shape index (κ2) is 2.96. The summed E-state index contributed by atoms with van der Waals surface area (Å²) >= 11 is 0. The molecular formula is C11H19NO. The van der Waals surface area contributed by atoms with Gasteiger partial charge in [0.1, 0.15) is 0 Å². The molecule has 4 atom stereocenters. The highest BCUT2D eigenvalue weighted by molar-refractivity contribution is 5.00. The zero-order valence-corrected chi connectivity index (χ0v) is 8.15. The molecule has 1 heterocycles. The summed E-state index contributed by atoms with van der Waals surface area (Å²) in [5.41, 5.74) is 0. The fraction of sp³-hybridized carbons (Fsp3) is 1.00. The first-order chi connectivity index (χ1) is 6.38. The number of nitrogens with zero attached hydrogens (tertiary/aromatic N) is 1. The molecular weight excluding hydrogens is 162 g/mol. The van der Waals surface area contributed by atoms with E-state index in [9.17, 15) is 0 Å². The summed E-state index contributed by atoms with van der Waals surface area (Å²) in [7, 11) is 0. The topological polar surface area (TPSA) is 23.5 Å². The van der Waals surface area contributed by atoms with Crippen LogP contribution in [0.5, 0.6) is 0 Å². The van der Waals surface area contributed by atoms with Crippen molar-refractivity contribution in [3.05, 3.63) is 0 Å². The second-order valence-electron chi connectivity index (χ2n) is 5.15. The Labute approximate surface area is 79.9 Å². The van der Waals surface area contributed by atoms with Gasteiger partial charge >= 0.3 is 0 Å². The van der Waals surface area contributed by atoms with Crippen LogP contribution in [0.4, 0.5) is 0 Å². The van der Waals surface area contributed by atoms with Gasteiger partial charge in [0.05, 0.1) is 0 Å². The molecule has 3 rings (SSSR count). The lowest BCUT2D eigenvalue weighted by Crippen LogP contribution is -2.26. The van der Waals surface area contributed by atoms with E-state index in [1.54, 1.807) is 0 Å². The van der Waals surface area contributed by atoms with Crippen LogP contribution in [0.2, 0.25) is 0 Å². The summed E-state index contributed by atoms with van der Waals surface area (Å²) in [5, 5.41) is 9.01. The van der Waals surface area contributed by atoms with Gasteiger partial charge < -0.3 is 5.11 Å². The average Bonchev–Trinajstić information content (AvgIpc) is 2.60. The van der Waals surface area contributed by atoms with Gasteiger partial charge in [0, 0.05) is 25.7 Å². The number of fused-ring (bicyclic) bond motifs is 1. The van der Waals surface area contributed by atoms with E-state index in [1.165, 1.54) is 38.8 Å². The number of hydrogen-bond donors (Lipinski definition) is 1. The minimum atomic E-state index is 0.413. The molecule has 3 fully saturated rings. The molecule has 0 spiro atoms. The highest BCUT2D eigenvalue weighted by Gasteiger charge is 2.47. The Balaban J connectivity index is 1.58. The fourth-order valence-corrected chi connectivity index (χ4v) is 3.42. The third-order valence-electron chi connectivity index (χ3n) is 4.34. The van der Waals surface area contributed by atoms with Crippen molar-refractivity contribution < 1.29 is 5.11 Å². The maximum Gasteiger partial charge on any atom is 0.0474 e. The molecule has 13 heavy (non-hydrogen) atoms. The van der Waals surface area contributed by atoms with Crippen LogP contribution >= 0.6 is 0 Å². The van der Waals surface area contributed by atoms with Crippen LogP contribution in [-0.2, 0) is 0 Å². The Morgan fingerprint density at radius 1 is 1.15 bits per heavy atom. The zero-order chi connectivity index (χ0) is 8.84. The van der Waals surface area contributed by atoms with Gasteiger partial charge in [-0.05, 0) is 37.0 Å². The second-order valence-corrected chi connectivity index (χ2v) is 5.15. The lowest BCUT2D eigenvalue weighted by molar-refractivity contribution is 0.232. The standard InChI is InChI=1S/C11H19NO/c13-7-10-4-11(10)12-5-8-2-1-3-9(8)6-12/h8-11,13H,1-7H2. The molecule has 2 nitrogen and oxygen atoms in total. The molecule has 3 aliphatic rings. The Kier molecular flexibility index (Phi) is 1.88. The van der Waals surface area contributed by atoms with E-state index in [-0.39, 0.29) is 0 Å². The van der Waals surface area contributed by atoms with Crippen LogP contribution in [0.1, 0.15) is 25.7 Å². The highest BCUT2D eigenvalue weighted by atomic mass is 16.3. The van der Waals surface area contributed by atoms with Crippen molar-refractivity contribution in [3.8, 4) is 0 Å². The van der Waals surface area contributed by atoms with Crippen molar-refractivity contribution in [1.29, 1.82) is 0 Å². The van der Waals surface area contributed by atoms with Crippen molar-refractivity contribution >= 4 is 0 Å². The van der Waals surface area contributed by atoms with Gasteiger partial charge in [-0.3, -0.25) is 4.90 Å². The lowest BCUT2D eigenvalue weighted by Gasteiger charge is -2.16. The SMILES string of the molecule is OCC1CC1N1CC2CCCC2C1. The van der Waals surface area contributed by atoms with E-state index in [0.717, 1.165) is 17.9 Å². The van der Waals surface area contributed by atoms with Gasteiger partial charge in [0.15, 0.2) is 0 Å². The summed E-state index contributed by atoms with van der Waals surface area (Å²) < 4.78 is 0. The zero-order valence-electron chi connectivity index (χ0n) is 8.15. The van der Waals surface area contributed by atoms with Gasteiger partial charge in [0.2, 0.25) is 0 Å². The van der Waals surface area contributed by atoms with E-state index in [4.69, 9.17) is 5.11 Å². The van der Waals surface area contributed by atoms with E-state index < -0.39 is 0 Å². The number of hydrogen-bond acceptors (Lipinski definition) is 2. The first-order valence-corrected chi connectivity index (χ1v) is 5.73. The molecule has 2 aliphatic carbocycles. The molecule has 0 aromatic heterocycles. The molecule has 1 N–H and O–H groups in total. The largest absolute Gasteiger partial charge is 0.396 e. The normalized spacial score (nSPS) is 49.6. The molecule has 1 saturated heterocycles. The van der Waals surface area contributed by atoms with Crippen molar-refractivity contribution in [2.75, 3.05) is 19.7 Å². The Bertz CT molecular complexity index is 194. The maximum absolute atomic E-state index is 9.01. The first-order valence-electron chi connectivity index (χ1n) is 5.73. The third-order valence-corrected chi connectivity index (χ3v) is 4.34. The number of rotatable bonds is 2.